The SMILES string of the molecule is O=C(Nc1ccc(C(=O)/C=C/c2cccc(Cl)c2Cl)cc1)/C(=C/c1ccco1)NC(=O)c1ccccc1. The molecule has 6 nitrogen and oxygen atoms in total. The zero-order valence-corrected chi connectivity index (χ0v) is 20.8. The van der Waals surface area contributed by atoms with Crippen LogP contribution in [0.3, 0.4) is 0 Å². The summed E-state index contributed by atoms with van der Waals surface area (Å²) in [6, 6.07) is 23.4. The van der Waals surface area contributed by atoms with Crippen molar-refractivity contribution in [2.24, 2.45) is 0 Å². The van der Waals surface area contributed by atoms with Crippen LogP contribution in [0.25, 0.3) is 12.2 Å². The summed E-state index contributed by atoms with van der Waals surface area (Å²) in [4.78, 5) is 38.2. The van der Waals surface area contributed by atoms with Gasteiger partial charge < -0.3 is 15.1 Å². The molecule has 1 aromatic heterocycles. The smallest absolute Gasteiger partial charge is 0.272 e. The van der Waals surface area contributed by atoms with Crippen molar-refractivity contribution < 1.29 is 18.8 Å². The maximum atomic E-state index is 13.0. The first-order valence-corrected chi connectivity index (χ1v) is 11.9. The highest BCUT2D eigenvalue weighted by Gasteiger charge is 2.16. The van der Waals surface area contributed by atoms with Gasteiger partial charge in [0.05, 0.1) is 16.3 Å². The minimum absolute atomic E-state index is 0.00899. The monoisotopic (exact) mass is 530 g/mol. The number of nitrogens with one attached hydrogen (secondary N) is 2. The van der Waals surface area contributed by atoms with E-state index in [0.29, 0.717) is 38.2 Å². The van der Waals surface area contributed by atoms with E-state index >= 15 is 0 Å². The molecule has 3 aromatic carbocycles. The minimum Gasteiger partial charge on any atom is -0.465 e. The Morgan fingerprint density at radius 2 is 1.54 bits per heavy atom. The molecule has 0 spiro atoms. The maximum absolute atomic E-state index is 13.0. The molecule has 2 N–H and O–H groups in total. The summed E-state index contributed by atoms with van der Waals surface area (Å²) >= 11 is 12.2. The molecule has 37 heavy (non-hydrogen) atoms. The van der Waals surface area contributed by atoms with Crippen molar-refractivity contribution in [3.63, 3.8) is 0 Å². The zero-order chi connectivity index (χ0) is 26.2. The molecular weight excluding hydrogens is 511 g/mol. The van der Waals surface area contributed by atoms with E-state index in [9.17, 15) is 14.4 Å². The molecule has 8 heteroatoms. The Labute approximate surface area is 223 Å². The molecule has 0 unspecified atom stereocenters. The Kier molecular flexibility index (Phi) is 8.36. The number of hydrogen-bond donors (Lipinski definition) is 2. The van der Waals surface area contributed by atoms with Gasteiger partial charge in [0.1, 0.15) is 11.5 Å². The van der Waals surface area contributed by atoms with Crippen LogP contribution in [0.4, 0.5) is 5.69 Å². The zero-order valence-electron chi connectivity index (χ0n) is 19.3. The molecule has 0 radical (unpaired) electrons. The number of hydrogen-bond acceptors (Lipinski definition) is 4. The van der Waals surface area contributed by atoms with Gasteiger partial charge in [0.25, 0.3) is 11.8 Å². The van der Waals surface area contributed by atoms with Crippen LogP contribution in [0.15, 0.2) is 107 Å². The van der Waals surface area contributed by atoms with Gasteiger partial charge in [0, 0.05) is 22.9 Å². The number of halogens is 2. The summed E-state index contributed by atoms with van der Waals surface area (Å²) in [6.07, 6.45) is 5.88. The van der Waals surface area contributed by atoms with Crippen molar-refractivity contribution in [3.05, 3.63) is 135 Å². The van der Waals surface area contributed by atoms with Crippen LogP contribution >= 0.6 is 23.2 Å². The van der Waals surface area contributed by atoms with Gasteiger partial charge in [-0.15, -0.1) is 0 Å². The predicted molar refractivity (Wildman–Crippen MR) is 145 cm³/mol. The van der Waals surface area contributed by atoms with E-state index in [4.69, 9.17) is 27.6 Å². The number of amides is 2. The molecule has 2 amide bonds. The topological polar surface area (TPSA) is 88.4 Å². The standard InChI is InChI=1S/C29H20Cl2N2O4/c30-24-10-4-8-20(27(24)31)13-16-26(34)19-11-14-22(15-12-19)32-29(36)25(18-23-9-5-17-37-23)33-28(35)21-6-2-1-3-7-21/h1-18H,(H,32,36)(H,33,35)/b16-13+,25-18-. The second kappa shape index (κ2) is 12.0. The fourth-order valence-corrected chi connectivity index (χ4v) is 3.66. The lowest BCUT2D eigenvalue weighted by Crippen LogP contribution is -2.30. The maximum Gasteiger partial charge on any atom is 0.272 e. The summed E-state index contributed by atoms with van der Waals surface area (Å²) in [6.45, 7) is 0. The molecule has 4 rings (SSSR count). The Morgan fingerprint density at radius 3 is 2.24 bits per heavy atom. The molecular formula is C29H20Cl2N2O4. The van der Waals surface area contributed by atoms with Crippen molar-refractivity contribution >= 4 is 58.6 Å². The molecule has 0 saturated carbocycles. The Hall–Kier alpha value is -4.39. The van der Waals surface area contributed by atoms with Gasteiger partial charge in [-0.25, -0.2) is 0 Å². The number of carbonyl (C=O) groups is 3. The summed E-state index contributed by atoms with van der Waals surface area (Å²) in [5, 5.41) is 6.12. The first kappa shape index (κ1) is 25.7. The molecule has 0 saturated heterocycles. The summed E-state index contributed by atoms with van der Waals surface area (Å²) in [7, 11) is 0. The third-order valence-corrected chi connectivity index (χ3v) is 6.02. The van der Waals surface area contributed by atoms with Crippen LogP contribution < -0.4 is 10.6 Å². The van der Waals surface area contributed by atoms with Gasteiger partial charge in [-0.1, -0.05) is 53.5 Å². The fourth-order valence-electron chi connectivity index (χ4n) is 3.29. The highest BCUT2D eigenvalue weighted by Crippen LogP contribution is 2.26. The first-order valence-electron chi connectivity index (χ1n) is 11.1. The molecule has 1 heterocycles. The first-order chi connectivity index (χ1) is 17.9. The number of rotatable bonds is 8. The summed E-state index contributed by atoms with van der Waals surface area (Å²) < 4.78 is 5.30. The van der Waals surface area contributed by atoms with Gasteiger partial charge >= 0.3 is 0 Å². The van der Waals surface area contributed by atoms with Crippen molar-refractivity contribution in [1.82, 2.24) is 5.32 Å². The van der Waals surface area contributed by atoms with Gasteiger partial charge in [0.2, 0.25) is 0 Å². The number of ketones is 1. The normalized spacial score (nSPS) is 11.4. The largest absolute Gasteiger partial charge is 0.465 e. The Balaban J connectivity index is 1.46. The van der Waals surface area contributed by atoms with E-state index in [0.717, 1.165) is 0 Å². The average Bonchev–Trinajstić information content (AvgIpc) is 3.43. The van der Waals surface area contributed by atoms with Crippen LogP contribution in [-0.4, -0.2) is 17.6 Å². The lowest BCUT2D eigenvalue weighted by Gasteiger charge is -2.11. The van der Waals surface area contributed by atoms with E-state index in [-0.39, 0.29) is 11.5 Å². The second-order valence-electron chi connectivity index (χ2n) is 7.77. The highest BCUT2D eigenvalue weighted by atomic mass is 35.5. The number of anilines is 1. The third kappa shape index (κ3) is 6.85. The van der Waals surface area contributed by atoms with E-state index in [1.165, 1.54) is 18.4 Å². The van der Waals surface area contributed by atoms with Crippen molar-refractivity contribution in [2.45, 2.75) is 0 Å². The molecule has 0 fully saturated rings. The van der Waals surface area contributed by atoms with Crippen LogP contribution in [0.1, 0.15) is 32.0 Å². The van der Waals surface area contributed by atoms with Gasteiger partial charge in [-0.2, -0.15) is 0 Å². The Bertz CT molecular complexity index is 1480. The predicted octanol–water partition coefficient (Wildman–Crippen LogP) is 6.89. The van der Waals surface area contributed by atoms with Crippen molar-refractivity contribution in [2.75, 3.05) is 5.32 Å². The third-order valence-electron chi connectivity index (χ3n) is 5.18. The van der Waals surface area contributed by atoms with Gasteiger partial charge in [0.15, 0.2) is 5.78 Å². The Morgan fingerprint density at radius 1 is 0.784 bits per heavy atom. The lowest BCUT2D eigenvalue weighted by atomic mass is 10.1. The van der Waals surface area contributed by atoms with Crippen molar-refractivity contribution in [3.8, 4) is 0 Å². The molecule has 0 aliphatic heterocycles. The van der Waals surface area contributed by atoms with Crippen LogP contribution in [0.5, 0.6) is 0 Å². The van der Waals surface area contributed by atoms with Crippen LogP contribution in [-0.2, 0) is 4.79 Å². The van der Waals surface area contributed by atoms with Gasteiger partial charge in [-0.05, 0) is 72.3 Å². The summed E-state index contributed by atoms with van der Waals surface area (Å²) in [5.41, 5.74) is 1.86. The number of carbonyl (C=O) groups excluding carboxylic acids is 3. The number of benzene rings is 3. The molecule has 4 aromatic rings. The van der Waals surface area contributed by atoms with Crippen LogP contribution in [0, 0.1) is 0 Å². The summed E-state index contributed by atoms with van der Waals surface area (Å²) in [5.74, 6) is -0.857. The fraction of sp³-hybridized carbons (Fsp3) is 0. The van der Waals surface area contributed by atoms with E-state index in [1.54, 1.807) is 91.0 Å². The van der Waals surface area contributed by atoms with Crippen LogP contribution in [0.2, 0.25) is 10.0 Å². The van der Waals surface area contributed by atoms with Crippen molar-refractivity contribution in [1.29, 1.82) is 0 Å². The quantitative estimate of drug-likeness (QED) is 0.191. The second-order valence-corrected chi connectivity index (χ2v) is 8.55. The molecule has 0 atom stereocenters. The highest BCUT2D eigenvalue weighted by molar-refractivity contribution is 6.43. The van der Waals surface area contributed by atoms with E-state index < -0.39 is 11.8 Å². The van der Waals surface area contributed by atoms with E-state index in [1.807, 2.05) is 0 Å². The molecule has 0 aliphatic carbocycles. The average molecular weight is 531 g/mol. The molecule has 184 valence electrons. The lowest BCUT2D eigenvalue weighted by molar-refractivity contribution is -0.113. The van der Waals surface area contributed by atoms with E-state index in [2.05, 4.69) is 10.6 Å². The number of allylic oxidation sites excluding steroid dienone is 1. The molecule has 0 aliphatic rings. The molecule has 0 bridgehead atoms. The number of furan rings is 1. The minimum atomic E-state index is -0.560. The van der Waals surface area contributed by atoms with Gasteiger partial charge in [-0.3, -0.25) is 14.4 Å².